The topological polar surface area (TPSA) is 17.1 Å². The molecule has 0 fully saturated rings. The molecule has 1 aromatic rings. The quantitative estimate of drug-likeness (QED) is 0.682. The van der Waals surface area contributed by atoms with Gasteiger partial charge < -0.3 is 0 Å². The fourth-order valence-electron chi connectivity index (χ4n) is 1.58. The summed E-state index contributed by atoms with van der Waals surface area (Å²) in [6, 6.07) is 5.53. The Morgan fingerprint density at radius 3 is 2.62 bits per heavy atom. The number of halogens is 1. The van der Waals surface area contributed by atoms with Crippen LogP contribution in [-0.4, -0.2) is 5.78 Å². The van der Waals surface area contributed by atoms with E-state index in [1.165, 1.54) is 0 Å². The molecular weight excluding hydrogens is 220 g/mol. The molecule has 0 amide bonds. The van der Waals surface area contributed by atoms with E-state index in [9.17, 15) is 4.79 Å². The van der Waals surface area contributed by atoms with Gasteiger partial charge >= 0.3 is 0 Å². The first-order valence-corrected chi connectivity index (χ1v) is 6.18. The smallest absolute Gasteiger partial charge is 0.162 e. The molecule has 88 valence electrons. The molecule has 0 aliphatic heterocycles. The van der Waals surface area contributed by atoms with E-state index in [4.69, 9.17) is 11.6 Å². The minimum atomic E-state index is 0.197. The molecule has 0 aliphatic rings. The molecule has 0 radical (unpaired) electrons. The van der Waals surface area contributed by atoms with Crippen molar-refractivity contribution in [1.29, 1.82) is 0 Å². The number of aryl methyl sites for hydroxylation is 1. The third kappa shape index (κ3) is 3.97. The minimum Gasteiger partial charge on any atom is -0.294 e. The van der Waals surface area contributed by atoms with Crippen LogP contribution in [0.4, 0.5) is 0 Å². The lowest BCUT2D eigenvalue weighted by atomic mass is 10.0. The van der Waals surface area contributed by atoms with Gasteiger partial charge in [-0.3, -0.25) is 4.79 Å². The van der Waals surface area contributed by atoms with E-state index in [1.807, 2.05) is 19.1 Å². The van der Waals surface area contributed by atoms with Crippen molar-refractivity contribution in [3.63, 3.8) is 0 Å². The number of ketones is 1. The van der Waals surface area contributed by atoms with Crippen molar-refractivity contribution in [1.82, 2.24) is 0 Å². The van der Waals surface area contributed by atoms with Crippen LogP contribution < -0.4 is 0 Å². The maximum atomic E-state index is 11.8. The van der Waals surface area contributed by atoms with Gasteiger partial charge in [0.2, 0.25) is 0 Å². The molecule has 1 rings (SSSR count). The van der Waals surface area contributed by atoms with Crippen LogP contribution in [0, 0.1) is 12.8 Å². The maximum absolute atomic E-state index is 11.8. The largest absolute Gasteiger partial charge is 0.294 e. The van der Waals surface area contributed by atoms with Crippen LogP contribution in [0.5, 0.6) is 0 Å². The van der Waals surface area contributed by atoms with Gasteiger partial charge in [0.15, 0.2) is 5.78 Å². The van der Waals surface area contributed by atoms with Gasteiger partial charge in [0, 0.05) is 17.0 Å². The molecule has 1 aromatic carbocycles. The van der Waals surface area contributed by atoms with Crippen molar-refractivity contribution < 1.29 is 4.79 Å². The van der Waals surface area contributed by atoms with Crippen LogP contribution in [0.15, 0.2) is 18.2 Å². The molecule has 0 unspecified atom stereocenters. The number of hydrogen-bond donors (Lipinski definition) is 0. The van der Waals surface area contributed by atoms with E-state index < -0.39 is 0 Å². The zero-order chi connectivity index (χ0) is 12.1. The Bertz CT molecular complexity index is 369. The average molecular weight is 239 g/mol. The lowest BCUT2D eigenvalue weighted by Gasteiger charge is -2.05. The molecule has 0 bridgehead atoms. The highest BCUT2D eigenvalue weighted by Gasteiger charge is 2.07. The number of rotatable bonds is 5. The molecule has 1 nitrogen and oxygen atoms in total. The Balaban J connectivity index is 2.56. The predicted octanol–water partition coefficient (Wildman–Crippen LogP) is 4.66. The number of hydrogen-bond acceptors (Lipinski definition) is 1. The molecule has 0 atom stereocenters. The summed E-state index contributed by atoms with van der Waals surface area (Å²) >= 11 is 5.99. The highest BCUT2D eigenvalue weighted by atomic mass is 35.5. The standard InChI is InChI=1S/C14H19ClO/c1-10(2)5-4-6-14(16)12-8-7-11(3)13(15)9-12/h7-10H,4-6H2,1-3H3. The normalized spacial score (nSPS) is 10.8. The molecule has 0 N–H and O–H groups in total. The highest BCUT2D eigenvalue weighted by Crippen LogP contribution is 2.18. The van der Waals surface area contributed by atoms with Crippen LogP contribution >= 0.6 is 11.6 Å². The van der Waals surface area contributed by atoms with E-state index >= 15 is 0 Å². The molecule has 0 aromatic heterocycles. The molecule has 16 heavy (non-hydrogen) atoms. The third-order valence-corrected chi connectivity index (χ3v) is 3.09. The summed E-state index contributed by atoms with van der Waals surface area (Å²) in [6.07, 6.45) is 2.69. The van der Waals surface area contributed by atoms with Crippen molar-refractivity contribution in [2.75, 3.05) is 0 Å². The summed E-state index contributed by atoms with van der Waals surface area (Å²) in [6.45, 7) is 6.29. The SMILES string of the molecule is Cc1ccc(C(=O)CCCC(C)C)cc1Cl. The van der Waals surface area contributed by atoms with E-state index in [0.29, 0.717) is 17.4 Å². The summed E-state index contributed by atoms with van der Waals surface area (Å²) < 4.78 is 0. The Morgan fingerprint density at radius 2 is 2.06 bits per heavy atom. The summed E-state index contributed by atoms with van der Waals surface area (Å²) in [5.74, 6) is 0.858. The predicted molar refractivity (Wildman–Crippen MR) is 69.2 cm³/mol. The molecule has 2 heteroatoms. The summed E-state index contributed by atoms with van der Waals surface area (Å²) in [5, 5.41) is 0.676. The summed E-state index contributed by atoms with van der Waals surface area (Å²) in [7, 11) is 0. The van der Waals surface area contributed by atoms with E-state index in [2.05, 4.69) is 13.8 Å². The van der Waals surface area contributed by atoms with E-state index in [-0.39, 0.29) is 5.78 Å². The minimum absolute atomic E-state index is 0.197. The average Bonchev–Trinajstić information content (AvgIpc) is 2.21. The van der Waals surface area contributed by atoms with E-state index in [1.54, 1.807) is 6.07 Å². The fraction of sp³-hybridized carbons (Fsp3) is 0.500. The number of carbonyl (C=O) groups is 1. The zero-order valence-electron chi connectivity index (χ0n) is 10.2. The van der Waals surface area contributed by atoms with Gasteiger partial charge in [0.1, 0.15) is 0 Å². The third-order valence-electron chi connectivity index (χ3n) is 2.68. The van der Waals surface area contributed by atoms with Crippen molar-refractivity contribution in [2.45, 2.75) is 40.0 Å². The second-order valence-corrected chi connectivity index (χ2v) is 5.08. The zero-order valence-corrected chi connectivity index (χ0v) is 11.0. The fourth-order valence-corrected chi connectivity index (χ4v) is 1.76. The highest BCUT2D eigenvalue weighted by molar-refractivity contribution is 6.31. The van der Waals surface area contributed by atoms with Gasteiger partial charge in [-0.2, -0.15) is 0 Å². The Kier molecular flexibility index (Phi) is 5.01. The number of benzene rings is 1. The van der Waals surface area contributed by atoms with Crippen molar-refractivity contribution >= 4 is 17.4 Å². The summed E-state index contributed by atoms with van der Waals surface area (Å²) in [5.41, 5.74) is 1.75. The monoisotopic (exact) mass is 238 g/mol. The van der Waals surface area contributed by atoms with Crippen LogP contribution in [0.1, 0.15) is 49.0 Å². The lowest BCUT2D eigenvalue weighted by Crippen LogP contribution is -2.00. The van der Waals surface area contributed by atoms with Crippen LogP contribution in [0.2, 0.25) is 5.02 Å². The van der Waals surface area contributed by atoms with Crippen LogP contribution in [-0.2, 0) is 0 Å². The number of Topliss-reactive ketones (excluding diaryl/α,β-unsaturated/α-hetero) is 1. The van der Waals surface area contributed by atoms with Crippen LogP contribution in [0.25, 0.3) is 0 Å². The Labute approximate surface area is 103 Å². The second kappa shape index (κ2) is 6.05. The first-order valence-electron chi connectivity index (χ1n) is 5.80. The second-order valence-electron chi connectivity index (χ2n) is 4.67. The summed E-state index contributed by atoms with van der Waals surface area (Å²) in [4.78, 5) is 11.8. The Morgan fingerprint density at radius 1 is 1.38 bits per heavy atom. The molecule has 0 spiro atoms. The van der Waals surface area contributed by atoms with Gasteiger partial charge in [0.25, 0.3) is 0 Å². The van der Waals surface area contributed by atoms with Crippen LogP contribution in [0.3, 0.4) is 0 Å². The first-order chi connectivity index (χ1) is 7.50. The Hall–Kier alpha value is -0.820. The lowest BCUT2D eigenvalue weighted by molar-refractivity contribution is 0.0978. The molecule has 0 saturated heterocycles. The first kappa shape index (κ1) is 13.2. The molecular formula is C14H19ClO. The van der Waals surface area contributed by atoms with Gasteiger partial charge in [-0.1, -0.05) is 44.0 Å². The molecule has 0 aliphatic carbocycles. The molecule has 0 heterocycles. The molecule has 0 saturated carbocycles. The van der Waals surface area contributed by atoms with Gasteiger partial charge in [-0.05, 0) is 30.9 Å². The van der Waals surface area contributed by atoms with Gasteiger partial charge in [-0.25, -0.2) is 0 Å². The van der Waals surface area contributed by atoms with Gasteiger partial charge in [-0.15, -0.1) is 0 Å². The van der Waals surface area contributed by atoms with E-state index in [0.717, 1.165) is 24.0 Å². The maximum Gasteiger partial charge on any atom is 0.162 e. The van der Waals surface area contributed by atoms with Crippen molar-refractivity contribution in [3.8, 4) is 0 Å². The van der Waals surface area contributed by atoms with Gasteiger partial charge in [0.05, 0.1) is 0 Å². The number of carbonyl (C=O) groups excluding carboxylic acids is 1. The van der Waals surface area contributed by atoms with Crippen molar-refractivity contribution in [2.24, 2.45) is 5.92 Å². The van der Waals surface area contributed by atoms with Crippen molar-refractivity contribution in [3.05, 3.63) is 34.3 Å².